The first-order valence-corrected chi connectivity index (χ1v) is 8.50. The van der Waals surface area contributed by atoms with E-state index in [1.807, 2.05) is 0 Å². The molecular formula is C12H25N3O3S. The molecule has 19 heavy (non-hydrogen) atoms. The van der Waals surface area contributed by atoms with E-state index >= 15 is 0 Å². The molecule has 1 aliphatic rings. The first-order valence-electron chi connectivity index (χ1n) is 6.61. The maximum atomic E-state index is 12.1. The summed E-state index contributed by atoms with van der Waals surface area (Å²) in [7, 11) is -3.41. The third-order valence-electron chi connectivity index (χ3n) is 3.84. The van der Waals surface area contributed by atoms with E-state index in [4.69, 9.17) is 5.73 Å². The van der Waals surface area contributed by atoms with Crippen LogP contribution in [0.25, 0.3) is 0 Å². The van der Waals surface area contributed by atoms with E-state index < -0.39 is 20.5 Å². The fourth-order valence-corrected chi connectivity index (χ4v) is 2.41. The minimum atomic E-state index is -3.41. The highest BCUT2D eigenvalue weighted by Gasteiger charge is 2.39. The number of carbonyl (C=O) groups excluding carboxylic acids is 1. The first-order chi connectivity index (χ1) is 8.68. The van der Waals surface area contributed by atoms with Crippen LogP contribution in [0.4, 0.5) is 0 Å². The summed E-state index contributed by atoms with van der Waals surface area (Å²) in [5.74, 6) is -0.410. The highest BCUT2D eigenvalue weighted by molar-refractivity contribution is 7.92. The molecule has 0 aromatic heterocycles. The van der Waals surface area contributed by atoms with Crippen molar-refractivity contribution in [2.45, 2.75) is 37.5 Å². The lowest BCUT2D eigenvalue weighted by Crippen LogP contribution is -2.53. The Balaban J connectivity index is 2.52. The van der Waals surface area contributed by atoms with Crippen molar-refractivity contribution in [3.63, 3.8) is 0 Å². The van der Waals surface area contributed by atoms with Crippen LogP contribution in [0.3, 0.4) is 0 Å². The Kier molecular flexibility index (Phi) is 5.34. The van der Waals surface area contributed by atoms with Crippen LogP contribution in [0, 0.1) is 0 Å². The third kappa shape index (κ3) is 4.15. The molecule has 0 unspecified atom stereocenters. The number of nitrogens with two attached hydrogens (primary N) is 1. The zero-order valence-corrected chi connectivity index (χ0v) is 12.8. The number of likely N-dealkylation sites (tertiary alicyclic amines) is 1. The second-order valence-corrected chi connectivity index (χ2v) is 8.23. The van der Waals surface area contributed by atoms with Gasteiger partial charge in [0.05, 0.1) is 0 Å². The fourth-order valence-electron chi connectivity index (χ4n) is 2.01. The molecule has 0 radical (unpaired) electrons. The third-order valence-corrected chi connectivity index (χ3v) is 5.88. The Hall–Kier alpha value is -0.660. The molecule has 6 nitrogen and oxygen atoms in total. The fraction of sp³-hybridized carbons (Fsp3) is 0.917. The zero-order valence-electron chi connectivity index (χ0n) is 12.0. The average molecular weight is 291 g/mol. The number of piperidine rings is 1. The molecule has 0 spiro atoms. The van der Waals surface area contributed by atoms with E-state index in [1.54, 1.807) is 0 Å². The summed E-state index contributed by atoms with van der Waals surface area (Å²) in [6, 6.07) is 0.0579. The van der Waals surface area contributed by atoms with Crippen LogP contribution in [-0.4, -0.2) is 62.4 Å². The topological polar surface area (TPSA) is 92.5 Å². The lowest BCUT2D eigenvalue weighted by molar-refractivity contribution is -0.123. The minimum Gasteiger partial charge on any atom is -0.352 e. The maximum Gasteiger partial charge on any atom is 0.241 e. The molecule has 0 aromatic carbocycles. The van der Waals surface area contributed by atoms with Gasteiger partial charge in [0.25, 0.3) is 0 Å². The van der Waals surface area contributed by atoms with Crippen molar-refractivity contribution in [2.24, 2.45) is 5.73 Å². The monoisotopic (exact) mass is 291 g/mol. The minimum absolute atomic E-state index is 0.0579. The molecule has 1 saturated heterocycles. The van der Waals surface area contributed by atoms with Crippen LogP contribution in [0.2, 0.25) is 0 Å². The number of nitrogens with zero attached hydrogens (tertiary/aromatic N) is 1. The van der Waals surface area contributed by atoms with Gasteiger partial charge in [0, 0.05) is 38.5 Å². The number of carbonyl (C=O) groups is 1. The van der Waals surface area contributed by atoms with E-state index in [2.05, 4.69) is 10.2 Å². The Bertz CT molecular complexity index is 412. The molecule has 0 aliphatic carbocycles. The molecule has 0 bridgehead atoms. The summed E-state index contributed by atoms with van der Waals surface area (Å²) in [6.45, 7) is 6.18. The molecule has 7 heteroatoms. The van der Waals surface area contributed by atoms with Gasteiger partial charge >= 0.3 is 0 Å². The first kappa shape index (κ1) is 16.4. The molecule has 1 rings (SSSR count). The van der Waals surface area contributed by atoms with Crippen molar-refractivity contribution in [3.05, 3.63) is 0 Å². The van der Waals surface area contributed by atoms with E-state index in [0.29, 0.717) is 6.54 Å². The van der Waals surface area contributed by atoms with Crippen LogP contribution in [0.1, 0.15) is 26.7 Å². The summed E-state index contributed by atoms with van der Waals surface area (Å²) >= 11 is 0. The Morgan fingerprint density at radius 3 is 2.32 bits per heavy atom. The average Bonchev–Trinajstić information content (AvgIpc) is 2.30. The SMILES string of the molecule is CC(C)(C(=O)NC1CCN(CCN)CC1)S(C)(=O)=O. The zero-order chi connectivity index (χ0) is 14.7. The number of rotatable bonds is 5. The second kappa shape index (κ2) is 6.19. The van der Waals surface area contributed by atoms with Crippen molar-refractivity contribution < 1.29 is 13.2 Å². The van der Waals surface area contributed by atoms with Crippen molar-refractivity contribution in [2.75, 3.05) is 32.4 Å². The van der Waals surface area contributed by atoms with Crippen LogP contribution in [0.15, 0.2) is 0 Å². The van der Waals surface area contributed by atoms with Gasteiger partial charge in [-0.05, 0) is 26.7 Å². The van der Waals surface area contributed by atoms with Crippen LogP contribution in [-0.2, 0) is 14.6 Å². The van der Waals surface area contributed by atoms with Gasteiger partial charge in [-0.15, -0.1) is 0 Å². The summed E-state index contributed by atoms with van der Waals surface area (Å²) in [5, 5.41) is 2.85. The molecule has 112 valence electrons. The Morgan fingerprint density at radius 2 is 1.89 bits per heavy atom. The van der Waals surface area contributed by atoms with Gasteiger partial charge in [0.15, 0.2) is 9.84 Å². The predicted octanol–water partition coefficient (Wildman–Crippen LogP) is -0.651. The van der Waals surface area contributed by atoms with Gasteiger partial charge in [-0.25, -0.2) is 8.42 Å². The Labute approximate surface area is 115 Å². The largest absolute Gasteiger partial charge is 0.352 e. The Morgan fingerprint density at radius 1 is 1.37 bits per heavy atom. The van der Waals surface area contributed by atoms with Gasteiger partial charge in [-0.3, -0.25) is 4.79 Å². The number of amides is 1. The van der Waals surface area contributed by atoms with Gasteiger partial charge in [0.2, 0.25) is 5.91 Å². The summed E-state index contributed by atoms with van der Waals surface area (Å²) < 4.78 is 21.8. The molecule has 1 aliphatic heterocycles. The van der Waals surface area contributed by atoms with Gasteiger partial charge in [-0.2, -0.15) is 0 Å². The molecule has 0 saturated carbocycles. The molecule has 3 N–H and O–H groups in total. The lowest BCUT2D eigenvalue weighted by Gasteiger charge is -2.33. The highest BCUT2D eigenvalue weighted by Crippen LogP contribution is 2.17. The number of hydrogen-bond donors (Lipinski definition) is 2. The van der Waals surface area contributed by atoms with Crippen molar-refractivity contribution in [3.8, 4) is 0 Å². The van der Waals surface area contributed by atoms with Crippen molar-refractivity contribution >= 4 is 15.7 Å². The van der Waals surface area contributed by atoms with E-state index in [9.17, 15) is 13.2 Å². The standard InChI is InChI=1S/C12H25N3O3S/c1-12(2,19(3,17)18)11(16)14-10-4-7-15(8-5-10)9-6-13/h10H,4-9,13H2,1-3H3,(H,14,16). The second-order valence-electron chi connectivity index (χ2n) is 5.66. The van der Waals surface area contributed by atoms with E-state index in [0.717, 1.165) is 38.7 Å². The van der Waals surface area contributed by atoms with Crippen LogP contribution >= 0.6 is 0 Å². The van der Waals surface area contributed by atoms with Crippen LogP contribution < -0.4 is 11.1 Å². The summed E-state index contributed by atoms with van der Waals surface area (Å²) in [4.78, 5) is 14.3. The van der Waals surface area contributed by atoms with Gasteiger partial charge in [-0.1, -0.05) is 0 Å². The quantitative estimate of drug-likeness (QED) is 0.702. The highest BCUT2D eigenvalue weighted by atomic mass is 32.2. The van der Waals surface area contributed by atoms with Crippen molar-refractivity contribution in [1.29, 1.82) is 0 Å². The molecular weight excluding hydrogens is 266 g/mol. The number of hydrogen-bond acceptors (Lipinski definition) is 5. The van der Waals surface area contributed by atoms with Crippen molar-refractivity contribution in [1.82, 2.24) is 10.2 Å². The molecule has 1 amide bonds. The smallest absolute Gasteiger partial charge is 0.241 e. The lowest BCUT2D eigenvalue weighted by atomic mass is 10.0. The van der Waals surface area contributed by atoms with Gasteiger partial charge in [0.1, 0.15) is 4.75 Å². The summed E-state index contributed by atoms with van der Waals surface area (Å²) in [5.41, 5.74) is 5.50. The molecule has 0 atom stereocenters. The molecule has 1 fully saturated rings. The predicted molar refractivity (Wildman–Crippen MR) is 75.6 cm³/mol. The summed E-state index contributed by atoms with van der Waals surface area (Å²) in [6.07, 6.45) is 2.77. The normalized spacial score (nSPS) is 19.4. The number of sulfone groups is 1. The molecule has 0 aromatic rings. The van der Waals surface area contributed by atoms with E-state index in [-0.39, 0.29) is 6.04 Å². The van der Waals surface area contributed by atoms with Gasteiger partial charge < -0.3 is 16.0 Å². The van der Waals surface area contributed by atoms with E-state index in [1.165, 1.54) is 13.8 Å². The molecule has 1 heterocycles. The number of nitrogens with one attached hydrogen (secondary N) is 1. The maximum absolute atomic E-state index is 12.1. The van der Waals surface area contributed by atoms with Crippen LogP contribution in [0.5, 0.6) is 0 Å².